The van der Waals surface area contributed by atoms with E-state index in [4.69, 9.17) is 0 Å². The fourth-order valence-corrected chi connectivity index (χ4v) is 1.86. The van der Waals surface area contributed by atoms with Gasteiger partial charge in [0.15, 0.2) is 0 Å². The van der Waals surface area contributed by atoms with Gasteiger partial charge in [-0.25, -0.2) is 0 Å². The summed E-state index contributed by atoms with van der Waals surface area (Å²) >= 11 is 6.00. The van der Waals surface area contributed by atoms with Crippen LogP contribution in [0.1, 0.15) is 32.1 Å². The molecule has 1 saturated carbocycles. The first-order valence-electron chi connectivity index (χ1n) is 4.66. The molecule has 0 aromatic rings. The molecule has 0 atom stereocenters. The molecule has 84 valence electrons. The Kier molecular flexibility index (Phi) is 8.51. The topological polar surface area (TPSA) is 0 Å². The van der Waals surface area contributed by atoms with Gasteiger partial charge < -0.3 is 4.48 Å². The van der Waals surface area contributed by atoms with Crippen molar-refractivity contribution in [2.24, 2.45) is 0 Å². The van der Waals surface area contributed by atoms with E-state index in [0.717, 1.165) is 6.04 Å². The molecule has 0 amide bonds. The van der Waals surface area contributed by atoms with Gasteiger partial charge in [0, 0.05) is 0 Å². The van der Waals surface area contributed by atoms with Crippen molar-refractivity contribution in [2.75, 3.05) is 21.1 Å². The third-order valence-corrected chi connectivity index (χ3v) is 2.67. The summed E-state index contributed by atoms with van der Waals surface area (Å²) in [6, 6.07) is 0.939. The van der Waals surface area contributed by atoms with Crippen LogP contribution in [0, 0.1) is 0 Å². The molecule has 0 spiro atoms. The molecule has 0 aromatic heterocycles. The van der Waals surface area contributed by atoms with E-state index >= 15 is 0 Å². The van der Waals surface area contributed by atoms with Gasteiger partial charge in [-0.1, -0.05) is 6.42 Å². The van der Waals surface area contributed by atoms with Gasteiger partial charge in [-0.2, -0.15) is 0 Å². The van der Waals surface area contributed by atoms with Crippen molar-refractivity contribution in [3.63, 3.8) is 0 Å². The zero-order chi connectivity index (χ0) is 10.3. The molecule has 1 fully saturated rings. The van der Waals surface area contributed by atoms with Crippen LogP contribution in [0.2, 0.25) is 0 Å². The van der Waals surface area contributed by atoms with Crippen molar-refractivity contribution in [3.05, 3.63) is 0 Å². The first kappa shape index (κ1) is 14.4. The number of rotatable bonds is 1. The first-order chi connectivity index (χ1) is 6.02. The minimum atomic E-state index is 0.939. The molecule has 0 aliphatic heterocycles. The number of halogens is 2. The molecule has 0 saturated heterocycles. The molecule has 0 radical (unpaired) electrons. The zero-order valence-corrected chi connectivity index (χ0v) is 12.8. The van der Waals surface area contributed by atoms with E-state index in [1.54, 1.807) is 0 Å². The molecule has 13 heavy (non-hydrogen) atoms. The molecule has 0 aromatic carbocycles. The average Bonchev–Trinajstić information content (AvgIpc) is 2.06. The molecule has 0 unspecified atom stereocenters. The Labute approximate surface area is 103 Å². The Hall–Kier alpha value is 1.41. The summed E-state index contributed by atoms with van der Waals surface area (Å²) in [6.45, 7) is 0. The van der Waals surface area contributed by atoms with Crippen LogP contribution < -0.4 is 0 Å². The van der Waals surface area contributed by atoms with Crippen molar-refractivity contribution in [1.29, 1.82) is 0 Å². The van der Waals surface area contributed by atoms with Crippen LogP contribution in [0.25, 0.3) is 0 Å². The Morgan fingerprint density at radius 2 is 1.38 bits per heavy atom. The second-order valence-electron chi connectivity index (χ2n) is 4.45. The van der Waals surface area contributed by atoms with Gasteiger partial charge in [0.25, 0.3) is 0 Å². The van der Waals surface area contributed by atoms with Crippen LogP contribution >= 0.6 is 28.5 Å². The van der Waals surface area contributed by atoms with Gasteiger partial charge in [-0.3, -0.25) is 0 Å². The van der Waals surface area contributed by atoms with Gasteiger partial charge in [0.05, 0.1) is 27.2 Å². The van der Waals surface area contributed by atoms with Crippen molar-refractivity contribution >= 4 is 28.5 Å². The predicted octanol–water partition coefficient (Wildman–Crippen LogP) is 3.71. The van der Waals surface area contributed by atoms with Crippen molar-refractivity contribution < 1.29 is 15.4 Å². The SMILES string of the molecule is C[N+](C)(C)C1CCCCC1.[Br][Ni][Br]. The van der Waals surface area contributed by atoms with E-state index in [-0.39, 0.29) is 0 Å². The number of hydrogen-bond acceptors (Lipinski definition) is 0. The maximum atomic E-state index is 3.00. The number of quaternary nitrogens is 1. The molecule has 0 heterocycles. The van der Waals surface area contributed by atoms with Gasteiger partial charge in [0.1, 0.15) is 0 Å². The van der Waals surface area contributed by atoms with Crippen LogP contribution in [0.15, 0.2) is 0 Å². The zero-order valence-electron chi connectivity index (χ0n) is 8.63. The molecule has 1 rings (SSSR count). The monoisotopic (exact) mass is 358 g/mol. The molecule has 1 nitrogen and oxygen atoms in total. The molecule has 4 heteroatoms. The van der Waals surface area contributed by atoms with E-state index in [0.29, 0.717) is 0 Å². The van der Waals surface area contributed by atoms with Crippen LogP contribution in [-0.4, -0.2) is 31.7 Å². The molecular formula is C9H20Br2NNi+. The van der Waals surface area contributed by atoms with Gasteiger partial charge in [0.2, 0.25) is 0 Å². The van der Waals surface area contributed by atoms with Crippen LogP contribution in [0.3, 0.4) is 0 Å². The fourth-order valence-electron chi connectivity index (χ4n) is 1.86. The Bertz CT molecular complexity index is 119. The third kappa shape index (κ3) is 7.35. The molecule has 0 N–H and O–H groups in total. The maximum absolute atomic E-state index is 3.00. The molecular weight excluding hydrogens is 341 g/mol. The summed E-state index contributed by atoms with van der Waals surface area (Å²) in [5.41, 5.74) is 0. The quantitative estimate of drug-likeness (QED) is 0.494. The predicted molar refractivity (Wildman–Crippen MR) is 62.8 cm³/mol. The Morgan fingerprint density at radius 1 is 1.00 bits per heavy atom. The first-order valence-corrected chi connectivity index (χ1v) is 9.54. The number of nitrogens with zero attached hydrogens (tertiary/aromatic N) is 1. The second kappa shape index (κ2) is 7.67. The van der Waals surface area contributed by atoms with Crippen LogP contribution in [0.5, 0.6) is 0 Å². The van der Waals surface area contributed by atoms with Crippen molar-refractivity contribution in [2.45, 2.75) is 38.1 Å². The summed E-state index contributed by atoms with van der Waals surface area (Å²) in [5, 5.41) is 0. The Morgan fingerprint density at radius 3 is 1.62 bits per heavy atom. The third-order valence-electron chi connectivity index (χ3n) is 2.67. The van der Waals surface area contributed by atoms with Crippen LogP contribution in [0.4, 0.5) is 0 Å². The summed E-state index contributed by atoms with van der Waals surface area (Å²) < 4.78 is 1.17. The van der Waals surface area contributed by atoms with E-state index in [9.17, 15) is 0 Å². The standard InChI is InChI=1S/C9H20N.2BrH.Ni/c1-10(2,3)9-7-5-4-6-8-9;;;/h9H,4-8H2,1-3H3;2*1H;/q+1;;;+2/p-2. The van der Waals surface area contributed by atoms with Gasteiger partial charge in [-0.05, 0) is 25.7 Å². The molecule has 1 aliphatic rings. The van der Waals surface area contributed by atoms with E-state index in [2.05, 4.69) is 49.6 Å². The normalized spacial score (nSPS) is 19.5. The summed E-state index contributed by atoms with van der Waals surface area (Å²) in [6.07, 6.45) is 7.28. The van der Waals surface area contributed by atoms with Gasteiger partial charge in [-0.15, -0.1) is 0 Å². The van der Waals surface area contributed by atoms with E-state index < -0.39 is 0 Å². The Balaban J connectivity index is 0.000000424. The minimum absolute atomic E-state index is 0.939. The van der Waals surface area contributed by atoms with Crippen molar-refractivity contribution in [1.82, 2.24) is 0 Å². The molecule has 0 bridgehead atoms. The average molecular weight is 361 g/mol. The summed E-state index contributed by atoms with van der Waals surface area (Å²) in [4.78, 5) is 0. The number of hydrogen-bond donors (Lipinski definition) is 0. The summed E-state index contributed by atoms with van der Waals surface area (Å²) in [5.74, 6) is 0. The van der Waals surface area contributed by atoms with Crippen LogP contribution in [-0.2, 0) is 10.9 Å². The second-order valence-corrected chi connectivity index (χ2v) is 9.44. The van der Waals surface area contributed by atoms with E-state index in [1.807, 2.05) is 0 Å². The molecule has 1 aliphatic carbocycles. The summed E-state index contributed by atoms with van der Waals surface area (Å²) in [7, 11) is 8.20. The van der Waals surface area contributed by atoms with E-state index in [1.165, 1.54) is 47.5 Å². The van der Waals surface area contributed by atoms with Crippen molar-refractivity contribution in [3.8, 4) is 0 Å². The van der Waals surface area contributed by atoms with Gasteiger partial charge >= 0.3 is 39.3 Å². The fraction of sp³-hybridized carbons (Fsp3) is 1.00.